The van der Waals surface area contributed by atoms with Gasteiger partial charge in [0, 0.05) is 19.6 Å². The summed E-state index contributed by atoms with van der Waals surface area (Å²) in [5.74, 6) is 0.977. The van der Waals surface area contributed by atoms with Gasteiger partial charge >= 0.3 is 6.09 Å². The first-order valence-electron chi connectivity index (χ1n) is 11.8. The van der Waals surface area contributed by atoms with Crippen LogP contribution in [0.3, 0.4) is 0 Å². The van der Waals surface area contributed by atoms with E-state index in [1.165, 1.54) is 33.5 Å². The highest BCUT2D eigenvalue weighted by Gasteiger charge is 2.28. The van der Waals surface area contributed by atoms with Crippen LogP contribution in [-0.4, -0.2) is 42.8 Å². The number of hydrogen-bond acceptors (Lipinski definition) is 4. The van der Waals surface area contributed by atoms with Gasteiger partial charge in [-0.2, -0.15) is 0 Å². The van der Waals surface area contributed by atoms with Crippen LogP contribution in [0.2, 0.25) is 0 Å². The van der Waals surface area contributed by atoms with Crippen molar-refractivity contribution in [1.29, 1.82) is 0 Å². The highest BCUT2D eigenvalue weighted by molar-refractivity contribution is 5.71. The number of hydrogen-bond donors (Lipinski definition) is 0. The van der Waals surface area contributed by atoms with Gasteiger partial charge < -0.3 is 19.3 Å². The monoisotopic (exact) mass is 436 g/mol. The molecule has 2 aromatic rings. The van der Waals surface area contributed by atoms with Crippen LogP contribution in [0.15, 0.2) is 30.3 Å². The maximum Gasteiger partial charge on any atom is 0.410 e. The first-order chi connectivity index (χ1) is 15.2. The van der Waals surface area contributed by atoms with Crippen LogP contribution in [0, 0.1) is 6.92 Å². The van der Waals surface area contributed by atoms with E-state index in [1.807, 2.05) is 25.7 Å². The summed E-state index contributed by atoms with van der Waals surface area (Å²) < 4.78 is 11.7. The van der Waals surface area contributed by atoms with Gasteiger partial charge in [-0.1, -0.05) is 31.2 Å². The molecule has 32 heavy (non-hydrogen) atoms. The van der Waals surface area contributed by atoms with Crippen molar-refractivity contribution in [3.05, 3.63) is 58.1 Å². The average Bonchev–Trinajstić information content (AvgIpc) is 2.96. The van der Waals surface area contributed by atoms with Crippen LogP contribution in [0.5, 0.6) is 5.75 Å². The minimum absolute atomic E-state index is 0.221. The van der Waals surface area contributed by atoms with Crippen molar-refractivity contribution >= 4 is 11.8 Å². The molecule has 1 amide bonds. The van der Waals surface area contributed by atoms with Crippen LogP contribution >= 0.6 is 0 Å². The second kappa shape index (κ2) is 9.05. The Morgan fingerprint density at radius 2 is 1.84 bits per heavy atom. The largest absolute Gasteiger partial charge is 0.490 e. The number of fused-ring (bicyclic) bond motifs is 2. The molecule has 0 aliphatic carbocycles. The van der Waals surface area contributed by atoms with Crippen LogP contribution in [0.25, 0.3) is 0 Å². The van der Waals surface area contributed by atoms with Crippen molar-refractivity contribution in [1.82, 2.24) is 4.90 Å². The fourth-order valence-corrected chi connectivity index (χ4v) is 4.78. The Bertz CT molecular complexity index is 993. The zero-order valence-electron chi connectivity index (χ0n) is 20.2. The van der Waals surface area contributed by atoms with E-state index in [0.717, 1.165) is 38.1 Å². The van der Waals surface area contributed by atoms with E-state index < -0.39 is 5.60 Å². The number of amides is 1. The lowest BCUT2D eigenvalue weighted by atomic mass is 9.94. The van der Waals surface area contributed by atoms with Gasteiger partial charge in [0.2, 0.25) is 0 Å². The second-order valence-corrected chi connectivity index (χ2v) is 9.90. The quantitative estimate of drug-likeness (QED) is 0.655. The molecule has 0 saturated carbocycles. The molecule has 5 heteroatoms. The fourth-order valence-electron chi connectivity index (χ4n) is 4.78. The molecule has 0 unspecified atom stereocenters. The molecule has 172 valence electrons. The van der Waals surface area contributed by atoms with Gasteiger partial charge in [0.05, 0.1) is 12.2 Å². The van der Waals surface area contributed by atoms with Crippen LogP contribution in [-0.2, 0) is 30.5 Å². The van der Waals surface area contributed by atoms with E-state index >= 15 is 0 Å². The summed E-state index contributed by atoms with van der Waals surface area (Å²) in [5.41, 5.74) is 7.38. The van der Waals surface area contributed by atoms with Crippen molar-refractivity contribution < 1.29 is 14.3 Å². The van der Waals surface area contributed by atoms with Crippen molar-refractivity contribution in [3.63, 3.8) is 0 Å². The number of carbonyl (C=O) groups excluding carboxylic acids is 1. The minimum Gasteiger partial charge on any atom is -0.490 e. The Labute approximate surface area is 192 Å². The third kappa shape index (κ3) is 4.87. The van der Waals surface area contributed by atoms with Gasteiger partial charge in [-0.05, 0) is 80.8 Å². The van der Waals surface area contributed by atoms with Crippen LogP contribution in [0.4, 0.5) is 10.5 Å². The molecule has 0 atom stereocenters. The minimum atomic E-state index is -0.478. The molecule has 2 heterocycles. The number of ether oxygens (including phenoxy) is 2. The predicted molar refractivity (Wildman–Crippen MR) is 129 cm³/mol. The third-order valence-corrected chi connectivity index (χ3v) is 6.38. The van der Waals surface area contributed by atoms with Crippen molar-refractivity contribution in [2.75, 3.05) is 31.1 Å². The molecule has 0 bridgehead atoms. The molecule has 2 aromatic carbocycles. The fraction of sp³-hybridized carbons (Fsp3) is 0.519. The normalized spacial score (nSPS) is 16.0. The van der Waals surface area contributed by atoms with Crippen molar-refractivity contribution in [3.8, 4) is 5.75 Å². The molecule has 0 radical (unpaired) electrons. The van der Waals surface area contributed by atoms with Gasteiger partial charge in [0.25, 0.3) is 0 Å². The van der Waals surface area contributed by atoms with E-state index in [0.29, 0.717) is 19.7 Å². The summed E-state index contributed by atoms with van der Waals surface area (Å²) >= 11 is 0. The van der Waals surface area contributed by atoms with Gasteiger partial charge in [0.1, 0.15) is 18.0 Å². The summed E-state index contributed by atoms with van der Waals surface area (Å²) in [6.45, 7) is 14.0. The Balaban J connectivity index is 1.58. The Kier molecular flexibility index (Phi) is 6.36. The summed E-state index contributed by atoms with van der Waals surface area (Å²) in [4.78, 5) is 16.9. The lowest BCUT2D eigenvalue weighted by Gasteiger charge is -2.34. The van der Waals surface area contributed by atoms with Crippen molar-refractivity contribution in [2.24, 2.45) is 0 Å². The van der Waals surface area contributed by atoms with E-state index in [1.54, 1.807) is 0 Å². The molecule has 4 rings (SSSR count). The Morgan fingerprint density at radius 3 is 2.59 bits per heavy atom. The summed E-state index contributed by atoms with van der Waals surface area (Å²) in [7, 11) is 0. The van der Waals surface area contributed by atoms with Gasteiger partial charge in [-0.15, -0.1) is 0 Å². The molecule has 0 N–H and O–H groups in total. The molecule has 2 aliphatic heterocycles. The summed E-state index contributed by atoms with van der Waals surface area (Å²) in [6, 6.07) is 11.1. The number of aryl methyl sites for hydroxylation is 1. The highest BCUT2D eigenvalue weighted by Crippen LogP contribution is 2.40. The van der Waals surface area contributed by atoms with Crippen LogP contribution < -0.4 is 9.64 Å². The summed E-state index contributed by atoms with van der Waals surface area (Å²) in [6.07, 6.45) is 2.49. The molecule has 0 spiro atoms. The molecular weight excluding hydrogens is 400 g/mol. The molecule has 0 aromatic heterocycles. The smallest absolute Gasteiger partial charge is 0.410 e. The Morgan fingerprint density at radius 1 is 1.09 bits per heavy atom. The first-order valence-corrected chi connectivity index (χ1v) is 11.8. The van der Waals surface area contributed by atoms with Crippen molar-refractivity contribution in [2.45, 2.75) is 66.0 Å². The molecule has 0 fully saturated rings. The number of rotatable bonds is 3. The standard InChI is InChI=1S/C27H36N2O3/c1-6-20-8-7-9-21(16-20)18-29-14-15-31-24-17-22-10-12-28(26(30)32-27(3,4)5)13-11-23(22)19(2)25(24)29/h7-9,16-17H,6,10-15,18H2,1-5H3. The highest BCUT2D eigenvalue weighted by atomic mass is 16.6. The molecule has 5 nitrogen and oxygen atoms in total. The number of anilines is 1. The summed E-state index contributed by atoms with van der Waals surface area (Å²) in [5, 5.41) is 0. The zero-order valence-corrected chi connectivity index (χ0v) is 20.2. The molecule has 0 saturated heterocycles. The van der Waals surface area contributed by atoms with Gasteiger partial charge in [-0.3, -0.25) is 0 Å². The van der Waals surface area contributed by atoms with E-state index in [9.17, 15) is 4.79 Å². The number of benzene rings is 2. The van der Waals surface area contributed by atoms with E-state index in [2.05, 4.69) is 49.1 Å². The number of nitrogens with zero attached hydrogens (tertiary/aromatic N) is 2. The van der Waals surface area contributed by atoms with Gasteiger partial charge in [0.15, 0.2) is 0 Å². The molecule has 2 aliphatic rings. The second-order valence-electron chi connectivity index (χ2n) is 9.90. The Hall–Kier alpha value is -2.69. The lowest BCUT2D eigenvalue weighted by Crippen LogP contribution is -2.38. The SMILES string of the molecule is CCc1cccc(CN2CCOc3cc4c(c(C)c32)CCN(C(=O)OC(C)(C)C)CC4)c1. The number of carbonyl (C=O) groups is 1. The average molecular weight is 437 g/mol. The van der Waals surface area contributed by atoms with Gasteiger partial charge in [-0.25, -0.2) is 4.79 Å². The maximum absolute atomic E-state index is 12.6. The van der Waals surface area contributed by atoms with E-state index in [-0.39, 0.29) is 6.09 Å². The first kappa shape index (κ1) is 22.5. The van der Waals surface area contributed by atoms with E-state index in [4.69, 9.17) is 9.47 Å². The molecular formula is C27H36N2O3. The third-order valence-electron chi connectivity index (χ3n) is 6.38. The predicted octanol–water partition coefficient (Wildman–Crippen LogP) is 5.29. The maximum atomic E-state index is 12.6. The van der Waals surface area contributed by atoms with Crippen LogP contribution in [0.1, 0.15) is 55.5 Å². The lowest BCUT2D eigenvalue weighted by molar-refractivity contribution is 0.0258. The zero-order chi connectivity index (χ0) is 22.9. The topological polar surface area (TPSA) is 42.0 Å².